The van der Waals surface area contributed by atoms with Gasteiger partial charge in [0.05, 0.1) is 0 Å². The fourth-order valence-corrected chi connectivity index (χ4v) is 6.10. The summed E-state index contributed by atoms with van der Waals surface area (Å²) in [5, 5.41) is 4.01. The minimum Gasteiger partial charge on any atom is -0.492 e. The van der Waals surface area contributed by atoms with Gasteiger partial charge in [-0.2, -0.15) is 0 Å². The van der Waals surface area contributed by atoms with Crippen LogP contribution in [0.2, 0.25) is 0 Å². The van der Waals surface area contributed by atoms with Crippen LogP contribution in [-0.2, 0) is 0 Å². The first-order valence-corrected chi connectivity index (χ1v) is 16.6. The SMILES string of the molecule is C=CCCCN(C(=O)Nc1c(C(C)C)cc(-c2cccc(OCCN3CCCC3)c2)cc1C(C)C)c1cc2cccnc2[nH]c1=O. The van der Waals surface area contributed by atoms with Gasteiger partial charge in [-0.3, -0.25) is 14.6 Å². The number of hydrogen-bond acceptors (Lipinski definition) is 5. The molecule has 0 atom stereocenters. The van der Waals surface area contributed by atoms with Crippen molar-refractivity contribution in [3.05, 3.63) is 94.9 Å². The maximum absolute atomic E-state index is 14.1. The molecule has 0 spiro atoms. The van der Waals surface area contributed by atoms with E-state index in [2.05, 4.69) is 78.7 Å². The van der Waals surface area contributed by atoms with E-state index in [0.29, 0.717) is 25.2 Å². The number of carbonyl (C=O) groups excluding carboxylic acids is 1. The first-order valence-electron chi connectivity index (χ1n) is 16.6. The molecule has 46 heavy (non-hydrogen) atoms. The zero-order chi connectivity index (χ0) is 32.6. The molecule has 0 aliphatic carbocycles. The van der Waals surface area contributed by atoms with Gasteiger partial charge >= 0.3 is 6.03 Å². The van der Waals surface area contributed by atoms with Gasteiger partial charge in [0.2, 0.25) is 0 Å². The molecule has 1 aliphatic rings. The summed E-state index contributed by atoms with van der Waals surface area (Å²) in [6, 6.07) is 17.7. The van der Waals surface area contributed by atoms with Crippen molar-refractivity contribution < 1.29 is 9.53 Å². The Bertz CT molecular complexity index is 1690. The molecule has 0 bridgehead atoms. The van der Waals surface area contributed by atoms with E-state index in [4.69, 9.17) is 4.74 Å². The number of nitrogens with one attached hydrogen (secondary N) is 2. The van der Waals surface area contributed by atoms with Crippen molar-refractivity contribution >= 4 is 28.4 Å². The number of fused-ring (bicyclic) bond motifs is 1. The number of benzene rings is 2. The number of likely N-dealkylation sites (tertiary alicyclic amines) is 1. The lowest BCUT2D eigenvalue weighted by Crippen LogP contribution is -2.39. The van der Waals surface area contributed by atoms with Crippen LogP contribution in [0.4, 0.5) is 16.2 Å². The maximum Gasteiger partial charge on any atom is 0.326 e. The molecule has 2 amide bonds. The molecule has 2 aromatic heterocycles. The van der Waals surface area contributed by atoms with E-state index in [1.807, 2.05) is 30.3 Å². The molecule has 0 saturated carbocycles. The van der Waals surface area contributed by atoms with Gasteiger partial charge in [0.1, 0.15) is 23.7 Å². The number of ether oxygens (including phenoxy) is 1. The van der Waals surface area contributed by atoms with Gasteiger partial charge in [-0.15, -0.1) is 6.58 Å². The Kier molecular flexibility index (Phi) is 10.9. The number of hydrogen-bond donors (Lipinski definition) is 2. The van der Waals surface area contributed by atoms with E-state index in [0.717, 1.165) is 65.1 Å². The Balaban J connectivity index is 1.46. The van der Waals surface area contributed by atoms with E-state index in [9.17, 15) is 9.59 Å². The van der Waals surface area contributed by atoms with Crippen molar-refractivity contribution in [2.75, 3.05) is 43.0 Å². The Morgan fingerprint density at radius 1 is 1.04 bits per heavy atom. The van der Waals surface area contributed by atoms with E-state index in [1.54, 1.807) is 17.2 Å². The fourth-order valence-electron chi connectivity index (χ4n) is 6.10. The third-order valence-corrected chi connectivity index (χ3v) is 8.64. The predicted molar refractivity (Wildman–Crippen MR) is 189 cm³/mol. The molecule has 1 aliphatic heterocycles. The molecule has 0 unspecified atom stereocenters. The minimum absolute atomic E-state index is 0.136. The summed E-state index contributed by atoms with van der Waals surface area (Å²) in [6.45, 7) is 16.7. The van der Waals surface area contributed by atoms with Gasteiger partial charge in [0, 0.05) is 30.4 Å². The normalized spacial score (nSPS) is 13.4. The van der Waals surface area contributed by atoms with Crippen LogP contribution >= 0.6 is 0 Å². The Labute approximate surface area is 272 Å². The minimum atomic E-state index is -0.356. The fraction of sp³-hybridized carbons (Fsp3) is 0.395. The average molecular weight is 622 g/mol. The number of anilines is 2. The largest absolute Gasteiger partial charge is 0.492 e. The highest BCUT2D eigenvalue weighted by atomic mass is 16.5. The lowest BCUT2D eigenvalue weighted by Gasteiger charge is -2.27. The number of pyridine rings is 2. The predicted octanol–water partition coefficient (Wildman–Crippen LogP) is 8.32. The third-order valence-electron chi connectivity index (χ3n) is 8.64. The highest BCUT2D eigenvalue weighted by molar-refractivity contribution is 6.03. The van der Waals surface area contributed by atoms with Crippen LogP contribution in [0.25, 0.3) is 22.2 Å². The van der Waals surface area contributed by atoms with Gasteiger partial charge in [-0.1, -0.05) is 45.9 Å². The summed E-state index contributed by atoms with van der Waals surface area (Å²) in [5.74, 6) is 1.13. The van der Waals surface area contributed by atoms with Crippen LogP contribution in [0.3, 0.4) is 0 Å². The van der Waals surface area contributed by atoms with E-state index >= 15 is 0 Å². The number of urea groups is 1. The average Bonchev–Trinajstić information content (AvgIpc) is 3.56. The molecule has 242 valence electrons. The van der Waals surface area contributed by atoms with Crippen molar-refractivity contribution in [2.45, 2.75) is 65.2 Å². The highest BCUT2D eigenvalue weighted by Gasteiger charge is 2.24. The second-order valence-electron chi connectivity index (χ2n) is 12.7. The summed E-state index contributed by atoms with van der Waals surface area (Å²) in [7, 11) is 0. The molecule has 3 heterocycles. The first-order chi connectivity index (χ1) is 22.2. The standard InChI is InChI=1S/C38H47N5O3/c1-6-7-8-19-43(34-25-29-14-12-16-39-36(29)41-37(34)44)38(45)40-35-32(26(2)3)23-30(24-33(35)27(4)5)28-13-11-15-31(22-28)46-21-20-42-17-9-10-18-42/h6,11-16,22-27H,1,7-10,17-21H2,2-5H3,(H,40,45)(H,39,41,44). The summed E-state index contributed by atoms with van der Waals surface area (Å²) in [5.41, 5.74) is 5.45. The van der Waals surface area contributed by atoms with E-state index in [1.165, 1.54) is 12.8 Å². The Morgan fingerprint density at radius 3 is 2.48 bits per heavy atom. The molecular weight excluding hydrogens is 574 g/mol. The van der Waals surface area contributed by atoms with Gasteiger partial charge in [0.15, 0.2) is 0 Å². The molecule has 0 radical (unpaired) electrons. The molecule has 1 fully saturated rings. The summed E-state index contributed by atoms with van der Waals surface area (Å²) >= 11 is 0. The van der Waals surface area contributed by atoms with Gasteiger partial charge in [0.25, 0.3) is 5.56 Å². The van der Waals surface area contributed by atoms with Crippen molar-refractivity contribution in [3.63, 3.8) is 0 Å². The van der Waals surface area contributed by atoms with Crippen LogP contribution in [0.1, 0.15) is 76.3 Å². The molecule has 5 rings (SSSR count). The van der Waals surface area contributed by atoms with Crippen LogP contribution in [-0.4, -0.2) is 53.7 Å². The third kappa shape index (κ3) is 7.85. The molecule has 2 aromatic carbocycles. The zero-order valence-electron chi connectivity index (χ0n) is 27.6. The number of aromatic nitrogens is 2. The maximum atomic E-state index is 14.1. The van der Waals surface area contributed by atoms with Crippen molar-refractivity contribution in [2.24, 2.45) is 0 Å². The zero-order valence-corrected chi connectivity index (χ0v) is 27.6. The number of H-pyrrole nitrogens is 1. The number of allylic oxidation sites excluding steroid dienone is 1. The Morgan fingerprint density at radius 2 is 1.78 bits per heavy atom. The molecule has 4 aromatic rings. The van der Waals surface area contributed by atoms with Gasteiger partial charge < -0.3 is 15.0 Å². The lowest BCUT2D eigenvalue weighted by molar-refractivity contribution is 0.238. The monoisotopic (exact) mass is 621 g/mol. The highest BCUT2D eigenvalue weighted by Crippen LogP contribution is 2.38. The van der Waals surface area contributed by atoms with Crippen LogP contribution in [0, 0.1) is 0 Å². The van der Waals surface area contributed by atoms with Crippen LogP contribution in [0.5, 0.6) is 5.75 Å². The smallest absolute Gasteiger partial charge is 0.326 e. The quantitative estimate of drug-likeness (QED) is 0.116. The summed E-state index contributed by atoms with van der Waals surface area (Å²) < 4.78 is 6.16. The topological polar surface area (TPSA) is 90.6 Å². The summed E-state index contributed by atoms with van der Waals surface area (Å²) in [4.78, 5) is 38.5. The van der Waals surface area contributed by atoms with Crippen molar-refractivity contribution in [1.29, 1.82) is 0 Å². The number of carbonyl (C=O) groups is 1. The number of rotatable bonds is 13. The number of amides is 2. The lowest BCUT2D eigenvalue weighted by atomic mass is 9.88. The number of aromatic amines is 1. The van der Waals surface area contributed by atoms with Crippen molar-refractivity contribution in [3.8, 4) is 16.9 Å². The van der Waals surface area contributed by atoms with E-state index < -0.39 is 0 Å². The van der Waals surface area contributed by atoms with Crippen molar-refractivity contribution in [1.82, 2.24) is 14.9 Å². The molecule has 8 nitrogen and oxygen atoms in total. The number of nitrogens with zero attached hydrogens (tertiary/aromatic N) is 3. The number of unbranched alkanes of at least 4 members (excludes halogenated alkanes) is 1. The van der Waals surface area contributed by atoms with Gasteiger partial charge in [-0.05, 0) is 115 Å². The molecule has 8 heteroatoms. The van der Waals surface area contributed by atoms with Gasteiger partial charge in [-0.25, -0.2) is 9.78 Å². The summed E-state index contributed by atoms with van der Waals surface area (Å²) in [6.07, 6.45) is 7.40. The first kappa shape index (κ1) is 32.9. The molecular formula is C38H47N5O3. The second kappa shape index (κ2) is 15.2. The van der Waals surface area contributed by atoms with Crippen LogP contribution in [0.15, 0.2) is 78.2 Å². The molecule has 2 N–H and O–H groups in total. The van der Waals surface area contributed by atoms with Crippen LogP contribution < -0.4 is 20.5 Å². The molecule has 1 saturated heterocycles. The Hall–Kier alpha value is -4.43. The van der Waals surface area contributed by atoms with E-state index in [-0.39, 0.29) is 29.1 Å². The second-order valence-corrected chi connectivity index (χ2v) is 12.7.